The number of ether oxygens (including phenoxy) is 1. The van der Waals surface area contributed by atoms with Gasteiger partial charge in [-0.25, -0.2) is 9.48 Å². The molecule has 0 unspecified atom stereocenters. The van der Waals surface area contributed by atoms with E-state index in [4.69, 9.17) is 5.73 Å². The van der Waals surface area contributed by atoms with E-state index in [9.17, 15) is 4.79 Å². The van der Waals surface area contributed by atoms with Crippen molar-refractivity contribution in [1.82, 2.24) is 9.78 Å². The zero-order valence-electron chi connectivity index (χ0n) is 7.36. The first-order chi connectivity index (χ1) is 6.22. The Balaban J connectivity index is 2.28. The van der Waals surface area contributed by atoms with E-state index in [1.165, 1.54) is 7.11 Å². The van der Waals surface area contributed by atoms with Gasteiger partial charge in [0.2, 0.25) is 0 Å². The van der Waals surface area contributed by atoms with Gasteiger partial charge in [-0.2, -0.15) is 5.10 Å². The third-order valence-electron chi connectivity index (χ3n) is 2.05. The van der Waals surface area contributed by atoms with Gasteiger partial charge in [-0.3, -0.25) is 0 Å². The molecule has 0 spiro atoms. The zero-order valence-corrected chi connectivity index (χ0v) is 7.36. The molecule has 2 rings (SSSR count). The minimum absolute atomic E-state index is 0.284. The van der Waals surface area contributed by atoms with Crippen LogP contribution < -0.4 is 5.73 Å². The summed E-state index contributed by atoms with van der Waals surface area (Å²) in [5, 5.41) is 4.06. The number of esters is 1. The van der Waals surface area contributed by atoms with Crippen molar-refractivity contribution >= 4 is 11.8 Å². The van der Waals surface area contributed by atoms with Crippen LogP contribution in [0.25, 0.3) is 0 Å². The van der Waals surface area contributed by atoms with Crippen molar-refractivity contribution in [1.29, 1.82) is 0 Å². The van der Waals surface area contributed by atoms with Crippen LogP contribution in [0.2, 0.25) is 0 Å². The molecule has 1 aromatic heterocycles. The fourth-order valence-electron chi connectivity index (χ4n) is 1.22. The molecule has 0 radical (unpaired) electrons. The highest BCUT2D eigenvalue weighted by Gasteiger charge is 2.27. The molecule has 1 aromatic rings. The van der Waals surface area contributed by atoms with Gasteiger partial charge >= 0.3 is 5.97 Å². The van der Waals surface area contributed by atoms with E-state index in [1.54, 1.807) is 10.7 Å². The first-order valence-electron chi connectivity index (χ1n) is 4.15. The molecule has 1 saturated carbocycles. The average Bonchev–Trinajstić information content (AvgIpc) is 2.89. The number of hydrogen-bond acceptors (Lipinski definition) is 4. The number of rotatable bonds is 2. The largest absolute Gasteiger partial charge is 0.464 e. The number of hydrogen-bond donors (Lipinski definition) is 1. The summed E-state index contributed by atoms with van der Waals surface area (Å²) < 4.78 is 6.22. The van der Waals surface area contributed by atoms with Crippen LogP contribution in [0.3, 0.4) is 0 Å². The lowest BCUT2D eigenvalue weighted by Crippen LogP contribution is -2.05. The molecule has 1 heterocycles. The number of carbonyl (C=O) groups is 1. The van der Waals surface area contributed by atoms with E-state index < -0.39 is 5.97 Å². The summed E-state index contributed by atoms with van der Waals surface area (Å²) in [6.45, 7) is 0. The first kappa shape index (κ1) is 8.10. The predicted molar refractivity (Wildman–Crippen MR) is 46.2 cm³/mol. The van der Waals surface area contributed by atoms with E-state index in [-0.39, 0.29) is 5.69 Å². The highest BCUT2D eigenvalue weighted by atomic mass is 16.5. The summed E-state index contributed by atoms with van der Waals surface area (Å²) in [7, 11) is 1.33. The lowest BCUT2D eigenvalue weighted by Gasteiger charge is -1.98. The van der Waals surface area contributed by atoms with Crippen molar-refractivity contribution in [3.63, 3.8) is 0 Å². The molecular weight excluding hydrogens is 170 g/mol. The Morgan fingerprint density at radius 1 is 1.77 bits per heavy atom. The maximum Gasteiger partial charge on any atom is 0.358 e. The molecule has 2 N–H and O–H groups in total. The minimum atomic E-state index is -0.439. The van der Waals surface area contributed by atoms with Gasteiger partial charge in [0, 0.05) is 6.07 Å². The Morgan fingerprint density at radius 2 is 2.46 bits per heavy atom. The number of anilines is 1. The van der Waals surface area contributed by atoms with Crippen LogP contribution in [0.4, 0.5) is 5.82 Å². The van der Waals surface area contributed by atoms with E-state index in [0.717, 1.165) is 12.8 Å². The molecule has 0 aliphatic heterocycles. The molecular formula is C8H11N3O2. The van der Waals surface area contributed by atoms with Crippen LogP contribution in [-0.4, -0.2) is 22.9 Å². The highest BCUT2D eigenvalue weighted by Crippen LogP contribution is 2.36. The molecule has 1 aliphatic carbocycles. The van der Waals surface area contributed by atoms with Gasteiger partial charge in [-0.1, -0.05) is 0 Å². The summed E-state index contributed by atoms with van der Waals surface area (Å²) >= 11 is 0. The Kier molecular flexibility index (Phi) is 1.72. The number of nitrogen functional groups attached to an aromatic ring is 1. The Hall–Kier alpha value is -1.52. The van der Waals surface area contributed by atoms with Gasteiger partial charge in [0.1, 0.15) is 5.82 Å². The Morgan fingerprint density at radius 3 is 3.00 bits per heavy atom. The standard InChI is InChI=1S/C8H11N3O2/c1-13-8(12)6-4-7(9)11(10-6)5-2-3-5/h4-5H,2-3,9H2,1H3. The number of nitrogens with zero attached hydrogens (tertiary/aromatic N) is 2. The third-order valence-corrected chi connectivity index (χ3v) is 2.05. The quantitative estimate of drug-likeness (QED) is 0.678. The topological polar surface area (TPSA) is 70.1 Å². The van der Waals surface area contributed by atoms with Crippen molar-refractivity contribution in [3.8, 4) is 0 Å². The average molecular weight is 181 g/mol. The maximum absolute atomic E-state index is 11.1. The highest BCUT2D eigenvalue weighted by molar-refractivity contribution is 5.87. The second kappa shape index (κ2) is 2.76. The van der Waals surface area contributed by atoms with Crippen LogP contribution >= 0.6 is 0 Å². The van der Waals surface area contributed by atoms with Crippen LogP contribution in [-0.2, 0) is 4.74 Å². The fourth-order valence-corrected chi connectivity index (χ4v) is 1.22. The Labute approximate surface area is 75.5 Å². The van der Waals surface area contributed by atoms with Crippen LogP contribution in [0, 0.1) is 0 Å². The van der Waals surface area contributed by atoms with Gasteiger partial charge in [-0.15, -0.1) is 0 Å². The van der Waals surface area contributed by atoms with Gasteiger partial charge in [0.05, 0.1) is 13.2 Å². The van der Waals surface area contributed by atoms with Gasteiger partial charge in [0.25, 0.3) is 0 Å². The summed E-state index contributed by atoms with van der Waals surface area (Å²) in [5.41, 5.74) is 5.95. The molecule has 1 fully saturated rings. The SMILES string of the molecule is COC(=O)c1cc(N)n(C2CC2)n1. The molecule has 0 saturated heterocycles. The van der Waals surface area contributed by atoms with E-state index in [0.29, 0.717) is 11.9 Å². The summed E-state index contributed by atoms with van der Waals surface area (Å²) in [5.74, 6) is 0.0917. The summed E-state index contributed by atoms with van der Waals surface area (Å²) in [6.07, 6.45) is 2.18. The van der Waals surface area contributed by atoms with E-state index in [1.807, 2.05) is 0 Å². The van der Waals surface area contributed by atoms with Gasteiger partial charge in [0.15, 0.2) is 5.69 Å². The molecule has 0 atom stereocenters. The molecule has 0 aromatic carbocycles. The first-order valence-corrected chi connectivity index (χ1v) is 4.15. The van der Waals surface area contributed by atoms with Gasteiger partial charge < -0.3 is 10.5 Å². The summed E-state index contributed by atoms with van der Waals surface area (Å²) in [4.78, 5) is 11.1. The second-order valence-electron chi connectivity index (χ2n) is 3.12. The monoisotopic (exact) mass is 181 g/mol. The fraction of sp³-hybridized carbons (Fsp3) is 0.500. The van der Waals surface area contributed by atoms with Gasteiger partial charge in [-0.05, 0) is 12.8 Å². The lowest BCUT2D eigenvalue weighted by atomic mass is 10.4. The molecule has 0 amide bonds. The zero-order chi connectivity index (χ0) is 9.42. The minimum Gasteiger partial charge on any atom is -0.464 e. The van der Waals surface area contributed by atoms with E-state index in [2.05, 4.69) is 9.84 Å². The molecule has 5 heteroatoms. The van der Waals surface area contributed by atoms with Crippen LogP contribution in [0.5, 0.6) is 0 Å². The number of aromatic nitrogens is 2. The Bertz CT molecular complexity index is 341. The normalized spacial score (nSPS) is 15.8. The van der Waals surface area contributed by atoms with Crippen LogP contribution in [0.1, 0.15) is 29.4 Å². The maximum atomic E-state index is 11.1. The van der Waals surface area contributed by atoms with Crippen molar-refractivity contribution in [3.05, 3.63) is 11.8 Å². The van der Waals surface area contributed by atoms with Crippen molar-refractivity contribution < 1.29 is 9.53 Å². The van der Waals surface area contributed by atoms with Crippen molar-refractivity contribution in [2.45, 2.75) is 18.9 Å². The third kappa shape index (κ3) is 1.37. The van der Waals surface area contributed by atoms with Crippen molar-refractivity contribution in [2.24, 2.45) is 0 Å². The van der Waals surface area contributed by atoms with E-state index >= 15 is 0 Å². The molecule has 5 nitrogen and oxygen atoms in total. The molecule has 13 heavy (non-hydrogen) atoms. The number of methoxy groups -OCH3 is 1. The lowest BCUT2D eigenvalue weighted by molar-refractivity contribution is 0.0593. The number of carbonyl (C=O) groups excluding carboxylic acids is 1. The summed E-state index contributed by atoms with van der Waals surface area (Å²) in [6, 6.07) is 1.93. The molecule has 0 bridgehead atoms. The van der Waals surface area contributed by atoms with Crippen molar-refractivity contribution in [2.75, 3.05) is 12.8 Å². The molecule has 70 valence electrons. The predicted octanol–water partition coefficient (Wildman–Crippen LogP) is 0.587. The smallest absolute Gasteiger partial charge is 0.358 e. The van der Waals surface area contributed by atoms with Crippen LogP contribution in [0.15, 0.2) is 6.07 Å². The second-order valence-corrected chi connectivity index (χ2v) is 3.12. The molecule has 1 aliphatic rings. The number of nitrogens with two attached hydrogens (primary N) is 1.